The zero-order valence-corrected chi connectivity index (χ0v) is 15.7. The summed E-state index contributed by atoms with van der Waals surface area (Å²) in [5.74, 6) is 0.0729. The first kappa shape index (κ1) is 17.0. The van der Waals surface area contributed by atoms with Gasteiger partial charge in [0.15, 0.2) is 0 Å². The lowest BCUT2D eigenvalue weighted by Gasteiger charge is -2.27. The van der Waals surface area contributed by atoms with Crippen LogP contribution in [0.25, 0.3) is 21.3 Å². The average molecular weight is 367 g/mol. The number of aryl methyl sites for hydroxylation is 1. The van der Waals surface area contributed by atoms with Crippen LogP contribution in [0, 0.1) is 0 Å². The molecule has 1 N–H and O–H groups in total. The van der Waals surface area contributed by atoms with Gasteiger partial charge in [0.25, 0.3) is 0 Å². The van der Waals surface area contributed by atoms with Crippen molar-refractivity contribution in [1.29, 1.82) is 0 Å². The summed E-state index contributed by atoms with van der Waals surface area (Å²) in [6.07, 6.45) is 7.24. The number of hydrogen-bond acceptors (Lipinski definition) is 4. The van der Waals surface area contributed by atoms with E-state index < -0.39 is 0 Å². The van der Waals surface area contributed by atoms with Gasteiger partial charge in [-0.05, 0) is 48.1 Å². The van der Waals surface area contributed by atoms with E-state index in [1.165, 1.54) is 16.9 Å². The maximum Gasteiger partial charge on any atom is 0.307 e. The molecule has 0 saturated heterocycles. The van der Waals surface area contributed by atoms with Gasteiger partial charge in [0.2, 0.25) is 5.91 Å². The highest BCUT2D eigenvalue weighted by Gasteiger charge is 2.24. The predicted octanol–water partition coefficient (Wildman–Crippen LogP) is 3.57. The third-order valence-corrected chi connectivity index (χ3v) is 6.14. The second-order valence-electron chi connectivity index (χ2n) is 6.73. The van der Waals surface area contributed by atoms with Crippen LogP contribution in [0.2, 0.25) is 0 Å². The van der Waals surface area contributed by atoms with Crippen molar-refractivity contribution in [3.63, 3.8) is 0 Å². The number of carbonyl (C=O) groups is 1. The van der Waals surface area contributed by atoms with E-state index >= 15 is 0 Å². The minimum atomic E-state index is 0.0372. The summed E-state index contributed by atoms with van der Waals surface area (Å²) in [4.78, 5) is 28.3. The van der Waals surface area contributed by atoms with Gasteiger partial charge in [0.1, 0.15) is 0 Å². The molecule has 2 aromatic heterocycles. The summed E-state index contributed by atoms with van der Waals surface area (Å²) in [5, 5.41) is 3.12. The number of benzene rings is 1. The quantitative estimate of drug-likeness (QED) is 0.770. The van der Waals surface area contributed by atoms with E-state index in [0.29, 0.717) is 6.42 Å². The Hall–Kier alpha value is -2.47. The molecule has 1 atom stereocenters. The lowest BCUT2D eigenvalue weighted by molar-refractivity contribution is -0.121. The molecule has 0 spiro atoms. The molecular weight excluding hydrogens is 346 g/mol. The summed E-state index contributed by atoms with van der Waals surface area (Å²) < 4.78 is 2.66. The Labute approximate surface area is 155 Å². The number of fused-ring (bicyclic) bond motifs is 2. The number of hydrogen-bond donors (Lipinski definition) is 1. The van der Waals surface area contributed by atoms with Crippen molar-refractivity contribution in [3.8, 4) is 11.1 Å². The van der Waals surface area contributed by atoms with Crippen LogP contribution in [-0.4, -0.2) is 15.5 Å². The van der Waals surface area contributed by atoms with Crippen LogP contribution >= 0.6 is 11.3 Å². The predicted molar refractivity (Wildman–Crippen MR) is 104 cm³/mol. The van der Waals surface area contributed by atoms with Gasteiger partial charge in [-0.1, -0.05) is 24.3 Å². The van der Waals surface area contributed by atoms with E-state index in [1.807, 2.05) is 25.4 Å². The number of nitrogens with zero attached hydrogens (tertiary/aromatic N) is 2. The number of amides is 1. The highest BCUT2D eigenvalue weighted by Crippen LogP contribution is 2.36. The lowest BCUT2D eigenvalue weighted by atomic mass is 9.84. The lowest BCUT2D eigenvalue weighted by Crippen LogP contribution is -2.30. The number of thiazole rings is 1. The molecule has 0 radical (unpaired) electrons. The molecule has 4 rings (SSSR count). The smallest absolute Gasteiger partial charge is 0.307 e. The Morgan fingerprint density at radius 2 is 2.23 bits per heavy atom. The molecule has 0 bridgehead atoms. The molecule has 0 aliphatic heterocycles. The van der Waals surface area contributed by atoms with E-state index in [-0.39, 0.29) is 16.8 Å². The fraction of sp³-hybridized carbons (Fsp3) is 0.350. The fourth-order valence-electron chi connectivity index (χ4n) is 3.72. The Kier molecular flexibility index (Phi) is 4.36. The molecule has 0 fully saturated rings. The van der Waals surface area contributed by atoms with E-state index in [1.54, 1.807) is 11.6 Å². The largest absolute Gasteiger partial charge is 0.349 e. The van der Waals surface area contributed by atoms with Crippen molar-refractivity contribution in [2.75, 3.05) is 0 Å². The SMILES string of the molecule is CCC(=O)N[C@@H]1CCCc2c(-c3ccc4c(c3)sc(=O)n4C)cncc21. The first-order chi connectivity index (χ1) is 12.6. The van der Waals surface area contributed by atoms with Gasteiger partial charge in [0, 0.05) is 31.4 Å². The van der Waals surface area contributed by atoms with Crippen molar-refractivity contribution in [2.45, 2.75) is 38.6 Å². The van der Waals surface area contributed by atoms with Crippen LogP contribution in [0.15, 0.2) is 35.4 Å². The Balaban J connectivity index is 1.80. The molecule has 1 aliphatic carbocycles. The molecule has 1 aromatic carbocycles. The minimum Gasteiger partial charge on any atom is -0.349 e. The van der Waals surface area contributed by atoms with Crippen molar-refractivity contribution in [1.82, 2.24) is 14.9 Å². The van der Waals surface area contributed by atoms with Gasteiger partial charge in [-0.2, -0.15) is 0 Å². The highest BCUT2D eigenvalue weighted by molar-refractivity contribution is 7.16. The van der Waals surface area contributed by atoms with Gasteiger partial charge in [-0.15, -0.1) is 0 Å². The molecular formula is C20H21N3O2S. The second kappa shape index (κ2) is 6.68. The molecule has 0 unspecified atom stereocenters. The Morgan fingerprint density at radius 1 is 1.38 bits per heavy atom. The summed E-state index contributed by atoms with van der Waals surface area (Å²) in [5.41, 5.74) is 5.51. The van der Waals surface area contributed by atoms with Gasteiger partial charge in [0.05, 0.1) is 16.3 Å². The van der Waals surface area contributed by atoms with E-state index in [0.717, 1.165) is 46.2 Å². The molecule has 6 heteroatoms. The number of aromatic nitrogens is 2. The maximum atomic E-state index is 11.9. The topological polar surface area (TPSA) is 64.0 Å². The summed E-state index contributed by atoms with van der Waals surface area (Å²) in [6.45, 7) is 1.87. The van der Waals surface area contributed by atoms with E-state index in [9.17, 15) is 9.59 Å². The van der Waals surface area contributed by atoms with Gasteiger partial charge < -0.3 is 9.88 Å². The van der Waals surface area contributed by atoms with Crippen molar-refractivity contribution < 1.29 is 4.79 Å². The van der Waals surface area contributed by atoms with Gasteiger partial charge in [-0.25, -0.2) is 0 Å². The van der Waals surface area contributed by atoms with E-state index in [2.05, 4.69) is 22.4 Å². The number of carbonyl (C=O) groups excluding carboxylic acids is 1. The number of nitrogens with one attached hydrogen (secondary N) is 1. The molecule has 3 aromatic rings. The van der Waals surface area contributed by atoms with Crippen LogP contribution in [0.5, 0.6) is 0 Å². The fourth-order valence-corrected chi connectivity index (χ4v) is 4.64. The first-order valence-corrected chi connectivity index (χ1v) is 9.76. The summed E-state index contributed by atoms with van der Waals surface area (Å²) in [6, 6.07) is 6.17. The second-order valence-corrected chi connectivity index (χ2v) is 7.72. The summed E-state index contributed by atoms with van der Waals surface area (Å²) in [7, 11) is 1.80. The molecule has 134 valence electrons. The third kappa shape index (κ3) is 2.84. The zero-order chi connectivity index (χ0) is 18.3. The number of rotatable bonds is 3. The standard InChI is InChI=1S/C20H21N3O2S/c1-3-19(24)22-16-6-4-5-13-14(10-21-11-15(13)16)12-7-8-17-18(9-12)26-20(25)23(17)2/h7-11,16H,3-6H2,1-2H3,(H,22,24)/t16-/m1/s1. The van der Waals surface area contributed by atoms with Crippen LogP contribution in [-0.2, 0) is 18.3 Å². The first-order valence-electron chi connectivity index (χ1n) is 8.94. The summed E-state index contributed by atoms with van der Waals surface area (Å²) >= 11 is 1.27. The number of pyridine rings is 1. The molecule has 26 heavy (non-hydrogen) atoms. The zero-order valence-electron chi connectivity index (χ0n) is 14.9. The third-order valence-electron chi connectivity index (χ3n) is 5.15. The van der Waals surface area contributed by atoms with Crippen molar-refractivity contribution >= 4 is 27.5 Å². The molecule has 1 aliphatic rings. The Bertz CT molecular complexity index is 1050. The molecule has 0 saturated carbocycles. The minimum absolute atomic E-state index is 0.0372. The van der Waals surface area contributed by atoms with Crippen molar-refractivity contribution in [2.24, 2.45) is 7.05 Å². The molecule has 1 amide bonds. The average Bonchev–Trinajstić information content (AvgIpc) is 2.95. The van der Waals surface area contributed by atoms with E-state index in [4.69, 9.17) is 0 Å². The van der Waals surface area contributed by atoms with Crippen molar-refractivity contribution in [3.05, 3.63) is 51.4 Å². The van der Waals surface area contributed by atoms with Crippen LogP contribution < -0.4 is 10.2 Å². The molecule has 2 heterocycles. The van der Waals surface area contributed by atoms with Gasteiger partial charge in [-0.3, -0.25) is 14.6 Å². The highest BCUT2D eigenvalue weighted by atomic mass is 32.1. The normalized spacial score (nSPS) is 16.5. The maximum absolute atomic E-state index is 11.9. The van der Waals surface area contributed by atoms with Gasteiger partial charge >= 0.3 is 4.87 Å². The van der Waals surface area contributed by atoms with Crippen LogP contribution in [0.3, 0.4) is 0 Å². The van der Waals surface area contributed by atoms with Crippen LogP contribution in [0.1, 0.15) is 43.4 Å². The molecule has 5 nitrogen and oxygen atoms in total. The Morgan fingerprint density at radius 3 is 3.04 bits per heavy atom. The van der Waals surface area contributed by atoms with Crippen LogP contribution in [0.4, 0.5) is 0 Å². The monoisotopic (exact) mass is 367 g/mol.